The van der Waals surface area contributed by atoms with Crippen LogP contribution >= 0.6 is 11.6 Å². The summed E-state index contributed by atoms with van der Waals surface area (Å²) < 4.78 is 22.4. The van der Waals surface area contributed by atoms with Crippen LogP contribution in [0.2, 0.25) is 5.02 Å². The molecule has 1 aromatic carbocycles. The van der Waals surface area contributed by atoms with Crippen LogP contribution in [0.1, 0.15) is 38.8 Å². The lowest BCUT2D eigenvalue weighted by Crippen LogP contribution is -2.07. The number of aromatic nitrogens is 2. The van der Waals surface area contributed by atoms with E-state index >= 15 is 0 Å². The minimum absolute atomic E-state index is 0.344. The van der Waals surface area contributed by atoms with Gasteiger partial charge in [0.2, 0.25) is 11.8 Å². The van der Waals surface area contributed by atoms with E-state index in [0.717, 1.165) is 25.0 Å². The van der Waals surface area contributed by atoms with Crippen molar-refractivity contribution < 1.29 is 18.9 Å². The van der Waals surface area contributed by atoms with Gasteiger partial charge in [-0.25, -0.2) is 4.98 Å². The minimum Gasteiger partial charge on any atom is -0.496 e. The van der Waals surface area contributed by atoms with Crippen molar-refractivity contribution in [3.05, 3.63) is 22.8 Å². The highest BCUT2D eigenvalue weighted by atomic mass is 35.5. The Morgan fingerprint density at radius 1 is 0.889 bits per heavy atom. The Morgan fingerprint density at radius 2 is 1.56 bits per heavy atom. The Hall–Kier alpha value is -2.21. The molecule has 2 aromatic rings. The van der Waals surface area contributed by atoms with E-state index in [0.29, 0.717) is 52.6 Å². The summed E-state index contributed by atoms with van der Waals surface area (Å²) >= 11 is 6.16. The second-order valence-electron chi connectivity index (χ2n) is 5.93. The predicted molar refractivity (Wildman–Crippen MR) is 107 cm³/mol. The summed E-state index contributed by atoms with van der Waals surface area (Å²) in [5.74, 6) is 1.91. The molecule has 27 heavy (non-hydrogen) atoms. The summed E-state index contributed by atoms with van der Waals surface area (Å²) in [4.78, 5) is 9.32. The number of methoxy groups -OCH3 is 3. The largest absolute Gasteiger partial charge is 0.496 e. The van der Waals surface area contributed by atoms with Gasteiger partial charge in [-0.2, -0.15) is 4.98 Å². The lowest BCUT2D eigenvalue weighted by Gasteiger charge is -2.17. The predicted octanol–water partition coefficient (Wildman–Crippen LogP) is 4.95. The van der Waals surface area contributed by atoms with Crippen LogP contribution in [-0.4, -0.2) is 37.9 Å². The molecule has 2 rings (SSSR count). The van der Waals surface area contributed by atoms with E-state index in [1.165, 1.54) is 0 Å². The number of unbranched alkanes of at least 4 members (excludes halogenated alkanes) is 2. The summed E-state index contributed by atoms with van der Waals surface area (Å²) in [5, 5.41) is 0.506. The van der Waals surface area contributed by atoms with Gasteiger partial charge in [0.25, 0.3) is 0 Å². The van der Waals surface area contributed by atoms with Crippen molar-refractivity contribution in [3.63, 3.8) is 0 Å². The van der Waals surface area contributed by atoms with E-state index in [2.05, 4.69) is 11.9 Å². The fourth-order valence-electron chi connectivity index (χ4n) is 2.73. The Kier molecular flexibility index (Phi) is 7.98. The zero-order chi connectivity index (χ0) is 19.8. The van der Waals surface area contributed by atoms with Crippen molar-refractivity contribution in [1.82, 2.24) is 9.97 Å². The average Bonchev–Trinajstić information content (AvgIpc) is 2.69. The lowest BCUT2D eigenvalue weighted by atomic mass is 10.1. The van der Waals surface area contributed by atoms with Crippen molar-refractivity contribution in [3.8, 4) is 34.5 Å². The van der Waals surface area contributed by atoms with E-state index in [4.69, 9.17) is 35.5 Å². The van der Waals surface area contributed by atoms with Crippen molar-refractivity contribution in [1.29, 1.82) is 0 Å². The molecular weight excluding hydrogens is 368 g/mol. The number of nitrogens with zero attached hydrogens (tertiary/aromatic N) is 2. The van der Waals surface area contributed by atoms with Crippen LogP contribution in [0.5, 0.6) is 23.3 Å². The zero-order valence-corrected chi connectivity index (χ0v) is 17.4. The first-order valence-corrected chi connectivity index (χ1v) is 9.46. The van der Waals surface area contributed by atoms with Crippen LogP contribution in [-0.2, 0) is 6.42 Å². The number of hydrogen-bond donors (Lipinski definition) is 0. The van der Waals surface area contributed by atoms with Gasteiger partial charge in [-0.05, 0) is 25.0 Å². The molecular formula is C20H27ClN2O4. The standard InChI is InChI=1S/C20H27ClN2O4/c1-6-8-9-10-27-19-14(7-2)22-18(20(23-19)26-5)17-15(24-3)11-13(21)12-16(17)25-4/h11-12H,6-10H2,1-5H3. The Bertz CT molecular complexity index is 743. The van der Waals surface area contributed by atoms with Crippen LogP contribution < -0.4 is 18.9 Å². The molecule has 0 fully saturated rings. The van der Waals surface area contributed by atoms with Crippen LogP contribution in [0.15, 0.2) is 12.1 Å². The summed E-state index contributed by atoms with van der Waals surface area (Å²) in [6.45, 7) is 4.77. The average molecular weight is 395 g/mol. The number of benzene rings is 1. The van der Waals surface area contributed by atoms with E-state index < -0.39 is 0 Å². The SMILES string of the molecule is CCCCCOc1nc(OC)c(-c2c(OC)cc(Cl)cc2OC)nc1CC. The van der Waals surface area contributed by atoms with Gasteiger partial charge in [0, 0.05) is 5.02 Å². The molecule has 0 bridgehead atoms. The normalized spacial score (nSPS) is 10.6. The second kappa shape index (κ2) is 10.2. The Labute approximate surface area is 165 Å². The maximum absolute atomic E-state index is 6.16. The number of ether oxygens (including phenoxy) is 4. The monoisotopic (exact) mass is 394 g/mol. The first-order valence-electron chi connectivity index (χ1n) is 9.09. The summed E-state index contributed by atoms with van der Waals surface area (Å²) in [7, 11) is 4.69. The van der Waals surface area contributed by atoms with Crippen molar-refractivity contribution >= 4 is 11.6 Å². The first kappa shape index (κ1) is 21.1. The van der Waals surface area contributed by atoms with E-state index in [9.17, 15) is 0 Å². The first-order chi connectivity index (χ1) is 13.1. The molecule has 7 heteroatoms. The molecule has 0 saturated heterocycles. The maximum atomic E-state index is 6.16. The van der Waals surface area contributed by atoms with Gasteiger partial charge >= 0.3 is 0 Å². The highest BCUT2D eigenvalue weighted by Gasteiger charge is 2.23. The molecule has 0 radical (unpaired) electrons. The molecule has 0 aliphatic heterocycles. The molecule has 6 nitrogen and oxygen atoms in total. The summed E-state index contributed by atoms with van der Waals surface area (Å²) in [6.07, 6.45) is 3.90. The van der Waals surface area contributed by atoms with Gasteiger partial charge in [0.15, 0.2) is 0 Å². The maximum Gasteiger partial charge on any atom is 0.243 e. The fraction of sp³-hybridized carbons (Fsp3) is 0.500. The summed E-state index contributed by atoms with van der Waals surface area (Å²) in [5.41, 5.74) is 1.92. The molecule has 0 N–H and O–H groups in total. The number of rotatable bonds is 10. The number of aryl methyl sites for hydroxylation is 1. The minimum atomic E-state index is 0.344. The van der Waals surface area contributed by atoms with Crippen LogP contribution in [0, 0.1) is 0 Å². The highest BCUT2D eigenvalue weighted by Crippen LogP contribution is 2.43. The van der Waals surface area contributed by atoms with Gasteiger partial charge in [-0.3, -0.25) is 0 Å². The second-order valence-corrected chi connectivity index (χ2v) is 6.36. The van der Waals surface area contributed by atoms with E-state index in [1.54, 1.807) is 33.5 Å². The quantitative estimate of drug-likeness (QED) is 0.531. The molecule has 0 aliphatic carbocycles. The number of hydrogen-bond acceptors (Lipinski definition) is 6. The molecule has 0 saturated carbocycles. The molecule has 1 aromatic heterocycles. The molecule has 0 amide bonds. The molecule has 0 unspecified atom stereocenters. The van der Waals surface area contributed by atoms with Gasteiger partial charge < -0.3 is 18.9 Å². The highest BCUT2D eigenvalue weighted by molar-refractivity contribution is 6.31. The van der Waals surface area contributed by atoms with Crippen molar-refractivity contribution in [2.45, 2.75) is 39.5 Å². The van der Waals surface area contributed by atoms with Gasteiger partial charge in [0.1, 0.15) is 22.9 Å². The fourth-order valence-corrected chi connectivity index (χ4v) is 2.92. The lowest BCUT2D eigenvalue weighted by molar-refractivity contribution is 0.283. The molecule has 148 valence electrons. The number of halogens is 1. The Balaban J connectivity index is 2.55. The molecule has 0 aliphatic rings. The zero-order valence-electron chi connectivity index (χ0n) is 16.6. The third-order valence-corrected chi connectivity index (χ3v) is 4.34. The molecule has 0 atom stereocenters. The van der Waals surface area contributed by atoms with Crippen LogP contribution in [0.3, 0.4) is 0 Å². The van der Waals surface area contributed by atoms with Gasteiger partial charge in [-0.15, -0.1) is 0 Å². The third kappa shape index (κ3) is 4.95. The van der Waals surface area contributed by atoms with E-state index in [1.807, 2.05) is 6.92 Å². The molecule has 1 heterocycles. The van der Waals surface area contributed by atoms with Crippen LogP contribution in [0.25, 0.3) is 11.3 Å². The smallest absolute Gasteiger partial charge is 0.243 e. The topological polar surface area (TPSA) is 62.7 Å². The van der Waals surface area contributed by atoms with E-state index in [-0.39, 0.29) is 0 Å². The van der Waals surface area contributed by atoms with Crippen molar-refractivity contribution in [2.75, 3.05) is 27.9 Å². The van der Waals surface area contributed by atoms with Gasteiger partial charge in [0.05, 0.1) is 33.5 Å². The third-order valence-electron chi connectivity index (χ3n) is 4.12. The summed E-state index contributed by atoms with van der Waals surface area (Å²) in [6, 6.07) is 3.42. The van der Waals surface area contributed by atoms with Crippen LogP contribution in [0.4, 0.5) is 0 Å². The Morgan fingerprint density at radius 3 is 2.07 bits per heavy atom. The van der Waals surface area contributed by atoms with Gasteiger partial charge in [-0.1, -0.05) is 38.3 Å². The van der Waals surface area contributed by atoms with Crippen molar-refractivity contribution in [2.24, 2.45) is 0 Å². The molecule has 0 spiro atoms.